The SMILES string of the molecule is CC(Cl)C(Cl)S(=O)C(=O)N(C(C)C)C(C)C. The van der Waals surface area contributed by atoms with Crippen molar-refractivity contribution in [1.29, 1.82) is 0 Å². The van der Waals surface area contributed by atoms with Crippen molar-refractivity contribution in [3.8, 4) is 0 Å². The number of alkyl halides is 2. The van der Waals surface area contributed by atoms with Gasteiger partial charge in [0, 0.05) is 12.1 Å². The van der Waals surface area contributed by atoms with Crippen LogP contribution in [0.5, 0.6) is 0 Å². The molecule has 0 spiro atoms. The van der Waals surface area contributed by atoms with Gasteiger partial charge in [0.1, 0.15) is 15.5 Å². The van der Waals surface area contributed by atoms with Gasteiger partial charge in [-0.3, -0.25) is 4.79 Å². The van der Waals surface area contributed by atoms with Crippen LogP contribution < -0.4 is 0 Å². The Hall–Kier alpha value is 0.200. The van der Waals surface area contributed by atoms with E-state index < -0.39 is 26.1 Å². The Morgan fingerprint density at radius 2 is 1.44 bits per heavy atom. The van der Waals surface area contributed by atoms with Gasteiger partial charge in [0.25, 0.3) is 0 Å². The first-order valence-electron chi connectivity index (χ1n) is 5.21. The molecule has 0 saturated heterocycles. The Morgan fingerprint density at radius 1 is 1.06 bits per heavy atom. The first kappa shape index (κ1) is 16.2. The molecule has 16 heavy (non-hydrogen) atoms. The van der Waals surface area contributed by atoms with E-state index in [0.29, 0.717) is 0 Å². The Morgan fingerprint density at radius 3 is 1.69 bits per heavy atom. The summed E-state index contributed by atoms with van der Waals surface area (Å²) in [6, 6.07) is -0.0168. The molecule has 0 fully saturated rings. The molecule has 96 valence electrons. The molecule has 3 nitrogen and oxygen atoms in total. The van der Waals surface area contributed by atoms with Crippen molar-refractivity contribution in [1.82, 2.24) is 4.90 Å². The van der Waals surface area contributed by atoms with Gasteiger partial charge in [0.05, 0.1) is 5.38 Å². The van der Waals surface area contributed by atoms with Crippen molar-refractivity contribution < 1.29 is 9.00 Å². The highest BCUT2D eigenvalue weighted by atomic mass is 35.5. The summed E-state index contributed by atoms with van der Waals surface area (Å²) >= 11 is 11.6. The molecule has 3 unspecified atom stereocenters. The van der Waals surface area contributed by atoms with Gasteiger partial charge in [-0.25, -0.2) is 4.21 Å². The third-order valence-corrected chi connectivity index (χ3v) is 4.83. The number of hydrogen-bond acceptors (Lipinski definition) is 2. The number of carbonyl (C=O) groups is 1. The minimum absolute atomic E-state index is 0.00838. The fourth-order valence-electron chi connectivity index (χ4n) is 1.39. The van der Waals surface area contributed by atoms with Crippen LogP contribution in [0.4, 0.5) is 4.79 Å². The first-order chi connectivity index (χ1) is 7.20. The lowest BCUT2D eigenvalue weighted by molar-refractivity contribution is 0.188. The molecule has 0 aromatic heterocycles. The van der Waals surface area contributed by atoms with E-state index in [1.807, 2.05) is 27.7 Å². The maximum atomic E-state index is 12.0. The van der Waals surface area contributed by atoms with Crippen LogP contribution in [0.15, 0.2) is 0 Å². The predicted molar refractivity (Wildman–Crippen MR) is 70.6 cm³/mol. The second-order valence-corrected chi connectivity index (χ2v) is 7.06. The van der Waals surface area contributed by atoms with Gasteiger partial charge < -0.3 is 4.90 Å². The smallest absolute Gasteiger partial charge is 0.313 e. The van der Waals surface area contributed by atoms with E-state index in [9.17, 15) is 9.00 Å². The zero-order valence-corrected chi connectivity index (χ0v) is 12.6. The van der Waals surface area contributed by atoms with E-state index in [4.69, 9.17) is 23.2 Å². The third-order valence-electron chi connectivity index (χ3n) is 2.06. The molecule has 0 aliphatic rings. The molecule has 0 aromatic carbocycles. The molecule has 3 atom stereocenters. The topological polar surface area (TPSA) is 37.4 Å². The van der Waals surface area contributed by atoms with E-state index in [0.717, 1.165) is 0 Å². The van der Waals surface area contributed by atoms with E-state index in [-0.39, 0.29) is 12.1 Å². The number of nitrogens with zero attached hydrogens (tertiary/aromatic N) is 1. The minimum atomic E-state index is -1.79. The van der Waals surface area contributed by atoms with Crippen LogP contribution in [0, 0.1) is 0 Å². The highest BCUT2D eigenvalue weighted by Gasteiger charge is 2.31. The van der Waals surface area contributed by atoms with Gasteiger partial charge >= 0.3 is 5.24 Å². The van der Waals surface area contributed by atoms with Gasteiger partial charge in [-0.2, -0.15) is 0 Å². The maximum Gasteiger partial charge on any atom is 0.313 e. The summed E-state index contributed by atoms with van der Waals surface area (Å²) < 4.78 is 11.0. The van der Waals surface area contributed by atoms with Crippen LogP contribution >= 0.6 is 23.2 Å². The number of halogens is 2. The van der Waals surface area contributed by atoms with Crippen LogP contribution in [-0.4, -0.2) is 36.5 Å². The standard InChI is InChI=1S/C10H19Cl2NO2S/c1-6(2)13(7(3)4)10(14)16(15)9(12)8(5)11/h6-9H,1-5H3. The Labute approximate surface area is 110 Å². The second-order valence-electron chi connectivity index (χ2n) is 4.19. The number of rotatable bonds is 4. The minimum Gasteiger partial charge on any atom is -0.327 e. The Kier molecular flexibility index (Phi) is 6.90. The molecular weight excluding hydrogens is 269 g/mol. The number of amides is 1. The monoisotopic (exact) mass is 287 g/mol. The van der Waals surface area contributed by atoms with Crippen molar-refractivity contribution in [2.45, 2.75) is 56.8 Å². The first-order valence-corrected chi connectivity index (χ1v) is 7.29. The molecule has 0 bridgehead atoms. The van der Waals surface area contributed by atoms with Crippen molar-refractivity contribution in [3.05, 3.63) is 0 Å². The number of carbonyl (C=O) groups excluding carboxylic acids is 1. The summed E-state index contributed by atoms with van der Waals surface area (Å²) in [5.41, 5.74) is 0. The molecule has 0 radical (unpaired) electrons. The van der Waals surface area contributed by atoms with Crippen LogP contribution in [0.1, 0.15) is 34.6 Å². The summed E-state index contributed by atoms with van der Waals surface area (Å²) in [5.74, 6) is 0. The normalized spacial score (nSPS) is 17.3. The average molecular weight is 288 g/mol. The second kappa shape index (κ2) is 6.82. The summed E-state index contributed by atoms with van der Waals surface area (Å²) in [4.78, 5) is 13.5. The van der Waals surface area contributed by atoms with Crippen LogP contribution in [0.3, 0.4) is 0 Å². The molecular formula is C10H19Cl2NO2S. The zero-order chi connectivity index (χ0) is 13.0. The molecule has 0 aliphatic carbocycles. The lowest BCUT2D eigenvalue weighted by Crippen LogP contribution is -2.45. The molecule has 0 heterocycles. The molecule has 6 heteroatoms. The van der Waals surface area contributed by atoms with Crippen molar-refractivity contribution in [2.24, 2.45) is 0 Å². The molecule has 0 rings (SSSR count). The van der Waals surface area contributed by atoms with Crippen molar-refractivity contribution >= 4 is 39.2 Å². The maximum absolute atomic E-state index is 12.0. The molecule has 0 aliphatic heterocycles. The largest absolute Gasteiger partial charge is 0.327 e. The highest BCUT2D eigenvalue weighted by Crippen LogP contribution is 2.18. The zero-order valence-electron chi connectivity index (χ0n) is 10.2. The fraction of sp³-hybridized carbons (Fsp3) is 0.900. The third kappa shape index (κ3) is 4.22. The van der Waals surface area contributed by atoms with Crippen molar-refractivity contribution in [2.75, 3.05) is 0 Å². The molecule has 0 N–H and O–H groups in total. The van der Waals surface area contributed by atoms with Gasteiger partial charge in [0.2, 0.25) is 0 Å². The molecule has 1 amide bonds. The van der Waals surface area contributed by atoms with Crippen LogP contribution in [-0.2, 0) is 10.8 Å². The van der Waals surface area contributed by atoms with E-state index in [1.54, 1.807) is 11.8 Å². The van der Waals surface area contributed by atoms with Crippen molar-refractivity contribution in [3.63, 3.8) is 0 Å². The van der Waals surface area contributed by atoms with E-state index in [1.165, 1.54) is 0 Å². The fourth-order valence-corrected chi connectivity index (χ4v) is 3.06. The number of hydrogen-bond donors (Lipinski definition) is 0. The summed E-state index contributed by atoms with van der Waals surface area (Å²) in [5, 5.41) is -0.954. The molecule has 0 aromatic rings. The van der Waals surface area contributed by atoms with Gasteiger partial charge in [0.15, 0.2) is 0 Å². The lowest BCUT2D eigenvalue weighted by Gasteiger charge is -2.30. The Balaban J connectivity index is 4.82. The van der Waals surface area contributed by atoms with Gasteiger partial charge in [-0.1, -0.05) is 0 Å². The van der Waals surface area contributed by atoms with E-state index >= 15 is 0 Å². The highest BCUT2D eigenvalue weighted by molar-refractivity contribution is 8.01. The summed E-state index contributed by atoms with van der Waals surface area (Å²) in [6.07, 6.45) is 0. The van der Waals surface area contributed by atoms with Gasteiger partial charge in [-0.05, 0) is 34.6 Å². The van der Waals surface area contributed by atoms with Crippen LogP contribution in [0.2, 0.25) is 0 Å². The van der Waals surface area contributed by atoms with Gasteiger partial charge in [-0.15, -0.1) is 23.2 Å². The molecule has 0 saturated carbocycles. The Bertz CT molecular complexity index is 262. The average Bonchev–Trinajstić information content (AvgIpc) is 2.13. The lowest BCUT2D eigenvalue weighted by atomic mass is 10.2. The predicted octanol–water partition coefficient (Wildman–Crippen LogP) is 3.17. The van der Waals surface area contributed by atoms with Crippen LogP contribution in [0.25, 0.3) is 0 Å². The summed E-state index contributed by atoms with van der Waals surface area (Å²) in [6.45, 7) is 9.13. The quantitative estimate of drug-likeness (QED) is 0.745. The van der Waals surface area contributed by atoms with E-state index in [2.05, 4.69) is 0 Å². The summed E-state index contributed by atoms with van der Waals surface area (Å²) in [7, 11) is -1.79.